The average molecular weight is 318 g/mol. The second-order valence-corrected chi connectivity index (χ2v) is 9.22. The van der Waals surface area contributed by atoms with Crippen LogP contribution < -0.4 is 0 Å². The van der Waals surface area contributed by atoms with E-state index in [1.807, 2.05) is 0 Å². The van der Waals surface area contributed by atoms with Crippen LogP contribution in [0.5, 0.6) is 0 Å². The van der Waals surface area contributed by atoms with Gasteiger partial charge in [-0.1, -0.05) is 36.4 Å². The molecule has 0 atom stereocenters. The van der Waals surface area contributed by atoms with Gasteiger partial charge < -0.3 is 13.3 Å². The van der Waals surface area contributed by atoms with Crippen LogP contribution in [0.3, 0.4) is 0 Å². The zero-order valence-electron chi connectivity index (χ0n) is 9.02. The lowest BCUT2D eigenvalue weighted by Crippen LogP contribution is -2.59. The van der Waals surface area contributed by atoms with E-state index in [0.717, 1.165) is 12.8 Å². The first-order valence-corrected chi connectivity index (χ1v) is 7.20. The fraction of sp³-hybridized carbons (Fsp3) is 1.00. The van der Waals surface area contributed by atoms with Gasteiger partial charge in [-0.3, -0.25) is 0 Å². The maximum absolute atomic E-state index is 5.47. The molecular formula is C8H19IO3Si. The van der Waals surface area contributed by atoms with Crippen LogP contribution in [0.2, 0.25) is 0 Å². The van der Waals surface area contributed by atoms with Crippen molar-refractivity contribution in [2.45, 2.75) is 29.7 Å². The van der Waals surface area contributed by atoms with Crippen LogP contribution in [-0.2, 0) is 13.3 Å². The summed E-state index contributed by atoms with van der Waals surface area (Å²) < 4.78 is 16.4. The van der Waals surface area contributed by atoms with E-state index in [0.29, 0.717) is 0 Å². The predicted molar refractivity (Wildman–Crippen MR) is 64.1 cm³/mol. The summed E-state index contributed by atoms with van der Waals surface area (Å²) in [6.45, 7) is 4.27. The predicted octanol–water partition coefficient (Wildman–Crippen LogP) is 2.40. The molecule has 0 aromatic carbocycles. The first-order valence-electron chi connectivity index (χ1n) is 4.40. The zero-order valence-corrected chi connectivity index (χ0v) is 12.2. The van der Waals surface area contributed by atoms with Crippen molar-refractivity contribution in [3.05, 3.63) is 0 Å². The molecule has 80 valence electrons. The first kappa shape index (κ1) is 13.8. The molecule has 0 aliphatic heterocycles. The largest absolute Gasteiger partial charge is 0.516 e. The summed E-state index contributed by atoms with van der Waals surface area (Å²) in [5.74, 6) is 0. The molecule has 0 aliphatic rings. The quantitative estimate of drug-likeness (QED) is 0.428. The Morgan fingerprint density at radius 3 is 1.38 bits per heavy atom. The van der Waals surface area contributed by atoms with E-state index in [9.17, 15) is 0 Å². The lowest BCUT2D eigenvalue weighted by molar-refractivity contribution is 0.108. The van der Waals surface area contributed by atoms with E-state index in [4.69, 9.17) is 13.3 Å². The molecule has 0 saturated heterocycles. The van der Waals surface area contributed by atoms with Crippen molar-refractivity contribution in [2.75, 3.05) is 21.3 Å². The molecule has 5 heteroatoms. The van der Waals surface area contributed by atoms with Gasteiger partial charge in [-0.15, -0.1) is 0 Å². The number of alkyl halides is 1. The Kier molecular flexibility index (Phi) is 6.00. The molecule has 0 aliphatic carbocycles. The first-order chi connectivity index (χ1) is 6.05. The van der Waals surface area contributed by atoms with E-state index in [-0.39, 0.29) is 3.04 Å². The Hall–Kier alpha value is 0.827. The summed E-state index contributed by atoms with van der Waals surface area (Å²) in [7, 11) is 2.51. The lowest BCUT2D eigenvalue weighted by Gasteiger charge is -2.38. The zero-order chi connectivity index (χ0) is 10.5. The van der Waals surface area contributed by atoms with Gasteiger partial charge in [0.2, 0.25) is 0 Å². The highest BCUT2D eigenvalue weighted by Crippen LogP contribution is 2.38. The minimum absolute atomic E-state index is 0.0109. The molecule has 0 N–H and O–H groups in total. The van der Waals surface area contributed by atoms with Crippen LogP contribution in [0.4, 0.5) is 0 Å². The fourth-order valence-electron chi connectivity index (χ4n) is 1.48. The number of halogens is 1. The smallest absolute Gasteiger partial charge is 0.376 e. The van der Waals surface area contributed by atoms with E-state index in [1.54, 1.807) is 21.3 Å². The van der Waals surface area contributed by atoms with Crippen molar-refractivity contribution in [3.8, 4) is 0 Å². The van der Waals surface area contributed by atoms with Crippen molar-refractivity contribution in [1.29, 1.82) is 0 Å². The summed E-state index contributed by atoms with van der Waals surface area (Å²) >= 11 is 2.40. The maximum Gasteiger partial charge on any atom is 0.516 e. The van der Waals surface area contributed by atoms with E-state index in [2.05, 4.69) is 36.4 Å². The molecule has 13 heavy (non-hydrogen) atoms. The van der Waals surface area contributed by atoms with Crippen LogP contribution >= 0.6 is 22.6 Å². The van der Waals surface area contributed by atoms with E-state index in [1.165, 1.54) is 0 Å². The van der Waals surface area contributed by atoms with Crippen LogP contribution in [-0.4, -0.2) is 33.2 Å². The van der Waals surface area contributed by atoms with Gasteiger partial charge in [0, 0.05) is 21.3 Å². The second-order valence-electron chi connectivity index (χ2n) is 2.84. The standard InChI is InChI=1S/C8H19IO3Si/c1-6-8(9,7-2)13(10-3,11-4)12-5/h6-7H2,1-5H3. The molecule has 0 bridgehead atoms. The Balaban J connectivity index is 4.87. The molecule has 0 saturated carbocycles. The number of hydrogen-bond acceptors (Lipinski definition) is 3. The van der Waals surface area contributed by atoms with Crippen molar-refractivity contribution in [1.82, 2.24) is 0 Å². The average Bonchev–Trinajstić information content (AvgIpc) is 2.20. The third kappa shape index (κ3) is 2.44. The summed E-state index contributed by atoms with van der Waals surface area (Å²) in [6.07, 6.45) is 1.98. The van der Waals surface area contributed by atoms with E-state index < -0.39 is 8.80 Å². The summed E-state index contributed by atoms with van der Waals surface area (Å²) in [6, 6.07) is 0. The molecule has 0 aromatic heterocycles. The molecule has 0 unspecified atom stereocenters. The van der Waals surface area contributed by atoms with Gasteiger partial charge in [-0.2, -0.15) is 0 Å². The highest BCUT2D eigenvalue weighted by Gasteiger charge is 2.56. The van der Waals surface area contributed by atoms with Crippen LogP contribution in [0.15, 0.2) is 0 Å². The SMILES string of the molecule is CCC(I)(CC)[Si](OC)(OC)OC. The molecule has 0 rings (SSSR count). The second kappa shape index (κ2) is 5.65. The molecule has 0 spiro atoms. The maximum atomic E-state index is 5.47. The van der Waals surface area contributed by atoms with Gasteiger partial charge in [0.25, 0.3) is 0 Å². The summed E-state index contributed by atoms with van der Waals surface area (Å²) in [5.41, 5.74) is 0. The highest BCUT2D eigenvalue weighted by molar-refractivity contribution is 14.1. The Bertz CT molecular complexity index is 138. The molecule has 0 radical (unpaired) electrons. The van der Waals surface area contributed by atoms with E-state index >= 15 is 0 Å². The number of hydrogen-bond donors (Lipinski definition) is 0. The fourth-order valence-corrected chi connectivity index (χ4v) is 5.93. The minimum atomic E-state index is -2.48. The lowest BCUT2D eigenvalue weighted by atomic mass is 10.3. The Morgan fingerprint density at radius 1 is 1.00 bits per heavy atom. The Labute approximate surface area is 95.6 Å². The van der Waals surface area contributed by atoms with Gasteiger partial charge in [-0.25, -0.2) is 0 Å². The Morgan fingerprint density at radius 2 is 1.31 bits per heavy atom. The normalized spacial score (nSPS) is 13.4. The van der Waals surface area contributed by atoms with Gasteiger partial charge in [-0.05, 0) is 12.8 Å². The van der Waals surface area contributed by atoms with Crippen molar-refractivity contribution in [2.24, 2.45) is 0 Å². The molecule has 0 fully saturated rings. The van der Waals surface area contributed by atoms with Gasteiger partial charge >= 0.3 is 8.80 Å². The van der Waals surface area contributed by atoms with Crippen LogP contribution in [0.25, 0.3) is 0 Å². The molecule has 0 amide bonds. The number of rotatable bonds is 6. The highest BCUT2D eigenvalue weighted by atomic mass is 127. The monoisotopic (exact) mass is 318 g/mol. The topological polar surface area (TPSA) is 27.7 Å². The third-order valence-corrected chi connectivity index (χ3v) is 9.40. The molecular weight excluding hydrogens is 299 g/mol. The van der Waals surface area contributed by atoms with Crippen molar-refractivity contribution in [3.63, 3.8) is 0 Å². The van der Waals surface area contributed by atoms with Crippen LogP contribution in [0, 0.1) is 0 Å². The summed E-state index contributed by atoms with van der Waals surface area (Å²) in [4.78, 5) is 0. The third-order valence-electron chi connectivity index (χ3n) is 2.48. The molecule has 0 aromatic rings. The van der Waals surface area contributed by atoms with Gasteiger partial charge in [0.1, 0.15) is 0 Å². The van der Waals surface area contributed by atoms with Gasteiger partial charge in [0.05, 0.1) is 3.04 Å². The van der Waals surface area contributed by atoms with Crippen LogP contribution in [0.1, 0.15) is 26.7 Å². The van der Waals surface area contributed by atoms with Crippen molar-refractivity contribution >= 4 is 31.4 Å². The minimum Gasteiger partial charge on any atom is -0.376 e. The van der Waals surface area contributed by atoms with Gasteiger partial charge in [0.15, 0.2) is 0 Å². The molecule has 3 nitrogen and oxygen atoms in total. The molecule has 0 heterocycles. The summed E-state index contributed by atoms with van der Waals surface area (Å²) in [5, 5.41) is 0. The van der Waals surface area contributed by atoms with Crippen molar-refractivity contribution < 1.29 is 13.3 Å².